The molecule has 1 aromatic heterocycles. The number of carboxylic acids is 2. The molecule has 38 heavy (non-hydrogen) atoms. The molecule has 1 fully saturated rings. The molecule has 1 amide bonds. The maximum absolute atomic E-state index is 13.6. The Morgan fingerprint density at radius 2 is 1.82 bits per heavy atom. The fourth-order valence-corrected chi connectivity index (χ4v) is 5.90. The number of piperidine rings is 1. The number of anilines is 2. The molecule has 1 aliphatic rings. The molecule has 3 aromatic rings. The van der Waals surface area contributed by atoms with Crippen molar-refractivity contribution >= 4 is 63.9 Å². The van der Waals surface area contributed by atoms with Gasteiger partial charge in [0.25, 0.3) is 5.91 Å². The van der Waals surface area contributed by atoms with Crippen molar-refractivity contribution in [3.63, 3.8) is 0 Å². The number of nitrogens with one attached hydrogen (secondary N) is 2. The molecule has 0 bridgehead atoms. The number of amides is 1. The summed E-state index contributed by atoms with van der Waals surface area (Å²) in [5.41, 5.74) is 1.76. The Bertz CT molecular complexity index is 1310. The van der Waals surface area contributed by atoms with Gasteiger partial charge in [0.2, 0.25) is 0 Å². The molecule has 0 saturated carbocycles. The first-order valence-electron chi connectivity index (χ1n) is 11.8. The molecule has 200 valence electrons. The first-order chi connectivity index (χ1) is 18.3. The number of rotatable bonds is 10. The van der Waals surface area contributed by atoms with E-state index in [-0.39, 0.29) is 27.5 Å². The fourth-order valence-electron chi connectivity index (χ4n) is 4.28. The molecule has 12 heteroatoms. The average molecular weight is 578 g/mol. The van der Waals surface area contributed by atoms with Crippen LogP contribution in [0.1, 0.15) is 22.5 Å². The molecule has 1 aliphatic heterocycles. The number of carbonyl (C=O) groups excluding carboxylic acids is 1. The SMILES string of the molecule is O=C(O)COc1c(C(=O)O)sc(-c2cccc(NC(C(=O)N(Cl)c3ccccc3)C3CCNCC3)c2)c1Cl. The summed E-state index contributed by atoms with van der Waals surface area (Å²) in [4.78, 5) is 36.5. The quantitative estimate of drug-likeness (QED) is 0.242. The zero-order chi connectivity index (χ0) is 27.2. The Kier molecular flexibility index (Phi) is 9.11. The number of thiophene rings is 1. The van der Waals surface area contributed by atoms with E-state index in [0.29, 0.717) is 21.8 Å². The molecule has 0 aliphatic carbocycles. The third kappa shape index (κ3) is 6.39. The van der Waals surface area contributed by atoms with E-state index in [2.05, 4.69) is 10.6 Å². The standard InChI is InChI=1S/C26H25Cl2N3O6S/c27-20-22(37-14-19(32)33)24(26(35)36)38-23(20)16-5-4-6-17(13-16)30-21(15-9-11-29-12-10-15)25(34)31(28)18-7-2-1-3-8-18/h1-8,13,15,21,29-30H,9-12,14H2,(H,32,33)(H,35,36). The summed E-state index contributed by atoms with van der Waals surface area (Å²) in [6, 6.07) is 15.4. The summed E-state index contributed by atoms with van der Waals surface area (Å²) < 4.78 is 6.31. The average Bonchev–Trinajstić information content (AvgIpc) is 3.27. The lowest BCUT2D eigenvalue weighted by Gasteiger charge is -2.32. The number of halogens is 2. The van der Waals surface area contributed by atoms with Crippen LogP contribution in [-0.4, -0.2) is 53.8 Å². The molecule has 4 rings (SSSR count). The van der Waals surface area contributed by atoms with Crippen LogP contribution < -0.4 is 19.8 Å². The monoisotopic (exact) mass is 577 g/mol. The van der Waals surface area contributed by atoms with Crippen LogP contribution in [0, 0.1) is 5.92 Å². The van der Waals surface area contributed by atoms with Crippen LogP contribution in [0.25, 0.3) is 10.4 Å². The Morgan fingerprint density at radius 1 is 1.11 bits per heavy atom. The van der Waals surface area contributed by atoms with Crippen molar-refractivity contribution in [2.45, 2.75) is 18.9 Å². The molecule has 9 nitrogen and oxygen atoms in total. The topological polar surface area (TPSA) is 128 Å². The number of hydrogen-bond acceptors (Lipinski definition) is 7. The van der Waals surface area contributed by atoms with Gasteiger partial charge in [-0.05, 0) is 61.7 Å². The van der Waals surface area contributed by atoms with Crippen LogP contribution in [0.3, 0.4) is 0 Å². The molecule has 1 atom stereocenters. The number of ether oxygens (including phenoxy) is 1. The summed E-state index contributed by atoms with van der Waals surface area (Å²) >= 11 is 13.8. The van der Waals surface area contributed by atoms with Crippen molar-refractivity contribution in [2.75, 3.05) is 29.4 Å². The van der Waals surface area contributed by atoms with Gasteiger partial charge < -0.3 is 25.6 Å². The van der Waals surface area contributed by atoms with Crippen LogP contribution in [-0.2, 0) is 9.59 Å². The van der Waals surface area contributed by atoms with Gasteiger partial charge in [-0.15, -0.1) is 11.3 Å². The highest BCUT2D eigenvalue weighted by Gasteiger charge is 2.33. The maximum atomic E-state index is 13.6. The summed E-state index contributed by atoms with van der Waals surface area (Å²) in [7, 11) is 0. The van der Waals surface area contributed by atoms with Crippen LogP contribution in [0.15, 0.2) is 54.6 Å². The largest absolute Gasteiger partial charge is 0.479 e. The number of nitrogens with zero attached hydrogens (tertiary/aromatic N) is 1. The van der Waals surface area contributed by atoms with Gasteiger partial charge in [-0.25, -0.2) is 14.0 Å². The van der Waals surface area contributed by atoms with Gasteiger partial charge in [0.1, 0.15) is 11.1 Å². The molecule has 0 radical (unpaired) electrons. The van der Waals surface area contributed by atoms with Crippen molar-refractivity contribution in [1.82, 2.24) is 5.32 Å². The van der Waals surface area contributed by atoms with E-state index < -0.39 is 24.6 Å². The van der Waals surface area contributed by atoms with E-state index in [1.165, 1.54) is 0 Å². The van der Waals surface area contributed by atoms with E-state index in [1.54, 1.807) is 48.5 Å². The molecule has 2 heterocycles. The van der Waals surface area contributed by atoms with Gasteiger partial charge in [0, 0.05) is 17.5 Å². The molecule has 1 saturated heterocycles. The van der Waals surface area contributed by atoms with Gasteiger partial charge in [0.05, 0.1) is 10.6 Å². The van der Waals surface area contributed by atoms with Gasteiger partial charge in [-0.3, -0.25) is 4.79 Å². The number of carboxylic acid groups (broad SMARTS) is 2. The zero-order valence-electron chi connectivity index (χ0n) is 20.0. The number of hydrogen-bond donors (Lipinski definition) is 4. The van der Waals surface area contributed by atoms with Crippen molar-refractivity contribution < 1.29 is 29.3 Å². The highest BCUT2D eigenvalue weighted by Crippen LogP contribution is 2.46. The fraction of sp³-hybridized carbons (Fsp3) is 0.269. The summed E-state index contributed by atoms with van der Waals surface area (Å²) in [6.07, 6.45) is 1.57. The van der Waals surface area contributed by atoms with Gasteiger partial charge in [-0.2, -0.15) is 0 Å². The van der Waals surface area contributed by atoms with Crippen molar-refractivity contribution in [3.8, 4) is 16.2 Å². The third-order valence-electron chi connectivity index (χ3n) is 6.09. The zero-order valence-corrected chi connectivity index (χ0v) is 22.4. The third-order valence-corrected chi connectivity index (χ3v) is 8.13. The van der Waals surface area contributed by atoms with Gasteiger partial charge >= 0.3 is 11.9 Å². The number of benzene rings is 2. The number of carbonyl (C=O) groups is 3. The Morgan fingerprint density at radius 3 is 2.47 bits per heavy atom. The second kappa shape index (κ2) is 12.5. The number of para-hydroxylation sites is 1. The predicted octanol–water partition coefficient (Wildman–Crippen LogP) is 5.20. The second-order valence-electron chi connectivity index (χ2n) is 8.64. The lowest BCUT2D eigenvalue weighted by molar-refractivity contribution is -0.139. The molecular formula is C26H25Cl2N3O6S. The van der Waals surface area contributed by atoms with E-state index in [9.17, 15) is 19.5 Å². The minimum atomic E-state index is -1.28. The van der Waals surface area contributed by atoms with Crippen LogP contribution in [0.5, 0.6) is 5.75 Å². The predicted molar refractivity (Wildman–Crippen MR) is 148 cm³/mol. The highest BCUT2D eigenvalue weighted by atomic mass is 35.5. The Hall–Kier alpha value is -3.31. The van der Waals surface area contributed by atoms with Crippen molar-refractivity contribution in [3.05, 3.63) is 64.5 Å². The Balaban J connectivity index is 1.64. The maximum Gasteiger partial charge on any atom is 0.349 e. The lowest BCUT2D eigenvalue weighted by Crippen LogP contribution is -2.47. The number of aliphatic carboxylic acids is 1. The smallest absolute Gasteiger partial charge is 0.349 e. The first kappa shape index (κ1) is 27.7. The van der Waals surface area contributed by atoms with Crippen molar-refractivity contribution in [1.29, 1.82) is 0 Å². The molecular weight excluding hydrogens is 553 g/mol. The highest BCUT2D eigenvalue weighted by molar-refractivity contribution is 7.18. The summed E-state index contributed by atoms with van der Waals surface area (Å²) in [6.45, 7) is 0.839. The van der Waals surface area contributed by atoms with Crippen molar-refractivity contribution in [2.24, 2.45) is 5.92 Å². The van der Waals surface area contributed by atoms with Gasteiger partial charge in [0.15, 0.2) is 17.2 Å². The van der Waals surface area contributed by atoms with Crippen LogP contribution in [0.2, 0.25) is 5.02 Å². The minimum Gasteiger partial charge on any atom is -0.479 e. The molecule has 0 spiro atoms. The molecule has 1 unspecified atom stereocenters. The summed E-state index contributed by atoms with van der Waals surface area (Å²) in [5, 5.41) is 25.2. The van der Waals surface area contributed by atoms with Gasteiger partial charge in [-0.1, -0.05) is 41.9 Å². The molecule has 4 N–H and O–H groups in total. The number of aromatic carboxylic acids is 1. The van der Waals surface area contributed by atoms with E-state index >= 15 is 0 Å². The summed E-state index contributed by atoms with van der Waals surface area (Å²) in [5.74, 6) is -2.99. The second-order valence-corrected chi connectivity index (χ2v) is 10.4. The van der Waals surface area contributed by atoms with E-state index in [0.717, 1.165) is 41.7 Å². The van der Waals surface area contributed by atoms with E-state index in [4.69, 9.17) is 33.2 Å². The van der Waals surface area contributed by atoms with Crippen LogP contribution >= 0.6 is 34.7 Å². The first-order valence-corrected chi connectivity index (χ1v) is 13.3. The van der Waals surface area contributed by atoms with Crippen LogP contribution in [0.4, 0.5) is 11.4 Å². The minimum absolute atomic E-state index is 0.00722. The van der Waals surface area contributed by atoms with E-state index in [1.807, 2.05) is 6.07 Å². The molecule has 2 aromatic carbocycles. The Labute approximate surface area is 233 Å². The normalized spacial score (nSPS) is 14.5. The lowest BCUT2D eigenvalue weighted by atomic mass is 9.89.